The van der Waals surface area contributed by atoms with Crippen molar-refractivity contribution in [2.24, 2.45) is 0 Å². The second kappa shape index (κ2) is 7.35. The maximum atomic E-state index is 5.81. The number of fused-ring (bicyclic) bond motifs is 1. The van der Waals surface area contributed by atoms with Gasteiger partial charge in [-0.15, -0.1) is 25.6 Å². The van der Waals surface area contributed by atoms with Crippen molar-refractivity contribution >= 4 is 40.8 Å². The normalized spacial score (nSPS) is 9.60. The molecule has 0 aliphatic carbocycles. The fourth-order valence-corrected chi connectivity index (χ4v) is 1.69. The first-order valence-corrected chi connectivity index (χ1v) is 6.01. The number of anilines is 3. The highest BCUT2D eigenvalue weighted by Gasteiger charge is 2.07. The zero-order valence-electron chi connectivity index (χ0n) is 11.1. The second-order valence-corrected chi connectivity index (χ2v) is 4.01. The number of nitrogen functional groups attached to an aromatic ring is 1. The Hall–Kier alpha value is -2.27. The molecule has 1 heterocycles. The van der Waals surface area contributed by atoms with E-state index in [1.807, 2.05) is 18.2 Å². The van der Waals surface area contributed by atoms with Crippen LogP contribution in [0.3, 0.4) is 0 Å². The molecule has 6 heteroatoms. The highest BCUT2D eigenvalue weighted by molar-refractivity contribution is 5.92. The van der Waals surface area contributed by atoms with E-state index in [0.717, 1.165) is 16.7 Å². The molecule has 2 rings (SSSR count). The van der Waals surface area contributed by atoms with Gasteiger partial charge in [-0.05, 0) is 18.2 Å². The van der Waals surface area contributed by atoms with Gasteiger partial charge >= 0.3 is 0 Å². The third kappa shape index (κ3) is 3.61. The lowest BCUT2D eigenvalue weighted by atomic mass is 10.2. The van der Waals surface area contributed by atoms with E-state index in [-0.39, 0.29) is 12.4 Å². The van der Waals surface area contributed by atoms with Crippen LogP contribution in [0.4, 0.5) is 17.5 Å². The summed E-state index contributed by atoms with van der Waals surface area (Å²) in [6.45, 7) is 8.58. The first-order valence-electron chi connectivity index (χ1n) is 6.01. The Morgan fingerprint density at radius 3 is 2.50 bits per heavy atom. The van der Waals surface area contributed by atoms with Crippen LogP contribution in [0, 0.1) is 0 Å². The van der Waals surface area contributed by atoms with Gasteiger partial charge in [-0.25, -0.2) is 4.98 Å². The molecule has 20 heavy (non-hydrogen) atoms. The second-order valence-electron chi connectivity index (χ2n) is 4.01. The summed E-state index contributed by atoms with van der Waals surface area (Å²) in [5.74, 6) is 1.30. The van der Waals surface area contributed by atoms with Crippen molar-refractivity contribution in [1.29, 1.82) is 0 Å². The lowest BCUT2D eigenvalue weighted by Crippen LogP contribution is -2.08. The summed E-state index contributed by atoms with van der Waals surface area (Å²) in [4.78, 5) is 8.86. The van der Waals surface area contributed by atoms with Crippen molar-refractivity contribution in [2.75, 3.05) is 29.5 Å². The van der Waals surface area contributed by atoms with Crippen LogP contribution in [0.5, 0.6) is 0 Å². The number of nitrogens with zero attached hydrogens (tertiary/aromatic N) is 2. The fraction of sp³-hybridized carbons (Fsp3) is 0.143. The summed E-state index contributed by atoms with van der Waals surface area (Å²) in [5.41, 5.74) is 7.33. The minimum Gasteiger partial charge on any atom is -0.399 e. The van der Waals surface area contributed by atoms with E-state index >= 15 is 0 Å². The van der Waals surface area contributed by atoms with E-state index in [0.29, 0.717) is 24.7 Å². The first-order chi connectivity index (χ1) is 9.24. The lowest BCUT2D eigenvalue weighted by Gasteiger charge is -2.10. The Balaban J connectivity index is 0.00000200. The molecule has 5 nitrogen and oxygen atoms in total. The number of rotatable bonds is 6. The van der Waals surface area contributed by atoms with E-state index in [1.54, 1.807) is 12.2 Å². The molecule has 0 saturated carbocycles. The van der Waals surface area contributed by atoms with Gasteiger partial charge in [0.05, 0.1) is 5.52 Å². The highest BCUT2D eigenvalue weighted by Crippen LogP contribution is 2.24. The van der Waals surface area contributed by atoms with Crippen LogP contribution in [-0.4, -0.2) is 23.1 Å². The molecule has 2 aromatic rings. The van der Waals surface area contributed by atoms with Crippen LogP contribution in [0.2, 0.25) is 0 Å². The highest BCUT2D eigenvalue weighted by atomic mass is 35.5. The van der Waals surface area contributed by atoms with Gasteiger partial charge in [-0.1, -0.05) is 12.2 Å². The topological polar surface area (TPSA) is 75.9 Å². The average Bonchev–Trinajstić information content (AvgIpc) is 2.42. The third-order valence-corrected chi connectivity index (χ3v) is 2.54. The van der Waals surface area contributed by atoms with Crippen LogP contribution in [0.25, 0.3) is 10.9 Å². The Bertz CT molecular complexity index is 612. The standard InChI is InChI=1S/C14H17N5.ClH/c1-3-7-16-13-11-9-10(15)5-6-12(11)18-14(19-13)17-8-4-2;/h3-6,9H,1-2,7-8,15H2,(H2,16,17,18,19);1H. The molecule has 0 fully saturated rings. The van der Waals surface area contributed by atoms with Gasteiger partial charge in [-0.3, -0.25) is 0 Å². The van der Waals surface area contributed by atoms with Crippen LogP contribution in [-0.2, 0) is 0 Å². The summed E-state index contributed by atoms with van der Waals surface area (Å²) in [5, 5.41) is 7.17. The predicted molar refractivity (Wildman–Crippen MR) is 88.6 cm³/mol. The number of hydrogen-bond donors (Lipinski definition) is 3. The van der Waals surface area contributed by atoms with Gasteiger partial charge in [0, 0.05) is 24.2 Å². The summed E-state index contributed by atoms with van der Waals surface area (Å²) in [6, 6.07) is 5.56. The predicted octanol–water partition coefficient (Wildman–Crippen LogP) is 2.83. The number of aromatic nitrogens is 2. The number of benzene rings is 1. The number of nitrogens with one attached hydrogen (secondary N) is 2. The maximum absolute atomic E-state index is 5.81. The zero-order valence-corrected chi connectivity index (χ0v) is 11.9. The van der Waals surface area contributed by atoms with Crippen LogP contribution in [0.1, 0.15) is 0 Å². The Morgan fingerprint density at radius 1 is 1.10 bits per heavy atom. The first kappa shape index (κ1) is 15.8. The van der Waals surface area contributed by atoms with E-state index < -0.39 is 0 Å². The zero-order chi connectivity index (χ0) is 13.7. The van der Waals surface area contributed by atoms with Crippen LogP contribution >= 0.6 is 12.4 Å². The third-order valence-electron chi connectivity index (χ3n) is 2.54. The molecule has 4 N–H and O–H groups in total. The molecular formula is C14H18ClN5. The monoisotopic (exact) mass is 291 g/mol. The van der Waals surface area contributed by atoms with Gasteiger partial charge in [0.2, 0.25) is 5.95 Å². The minimum absolute atomic E-state index is 0. The van der Waals surface area contributed by atoms with Crippen molar-refractivity contribution in [3.8, 4) is 0 Å². The van der Waals surface area contributed by atoms with E-state index in [1.165, 1.54) is 0 Å². The molecule has 0 saturated heterocycles. The van der Waals surface area contributed by atoms with Crippen LogP contribution < -0.4 is 16.4 Å². The molecule has 1 aromatic heterocycles. The van der Waals surface area contributed by atoms with E-state index in [9.17, 15) is 0 Å². The minimum atomic E-state index is 0. The molecule has 0 spiro atoms. The van der Waals surface area contributed by atoms with Crippen LogP contribution in [0.15, 0.2) is 43.5 Å². The lowest BCUT2D eigenvalue weighted by molar-refractivity contribution is 1.14. The van der Waals surface area contributed by atoms with Crippen molar-refractivity contribution in [1.82, 2.24) is 9.97 Å². The van der Waals surface area contributed by atoms with E-state index in [2.05, 4.69) is 33.8 Å². The van der Waals surface area contributed by atoms with Crippen molar-refractivity contribution in [2.45, 2.75) is 0 Å². The smallest absolute Gasteiger partial charge is 0.225 e. The molecule has 106 valence electrons. The Morgan fingerprint density at radius 2 is 1.80 bits per heavy atom. The number of nitrogens with two attached hydrogens (primary N) is 1. The SMILES string of the molecule is C=CCNc1nc(NCC=C)c2cc(N)ccc2n1.Cl. The van der Waals surface area contributed by atoms with Gasteiger partial charge in [0.1, 0.15) is 5.82 Å². The largest absolute Gasteiger partial charge is 0.399 e. The summed E-state index contributed by atoms with van der Waals surface area (Å²) in [7, 11) is 0. The Kier molecular flexibility index (Phi) is 5.80. The van der Waals surface area contributed by atoms with Crippen molar-refractivity contribution in [3.63, 3.8) is 0 Å². The van der Waals surface area contributed by atoms with Gasteiger partial charge in [0.25, 0.3) is 0 Å². The molecule has 0 aliphatic heterocycles. The Labute approximate surface area is 124 Å². The fourth-order valence-electron chi connectivity index (χ4n) is 1.69. The molecule has 0 radical (unpaired) electrons. The quantitative estimate of drug-likeness (QED) is 0.563. The summed E-state index contributed by atoms with van der Waals surface area (Å²) in [6.07, 6.45) is 3.53. The molecule has 0 amide bonds. The molecule has 0 unspecified atom stereocenters. The molecule has 0 aliphatic rings. The maximum Gasteiger partial charge on any atom is 0.225 e. The number of halogens is 1. The molecule has 0 atom stereocenters. The number of hydrogen-bond acceptors (Lipinski definition) is 5. The summed E-state index contributed by atoms with van der Waals surface area (Å²) >= 11 is 0. The molecule has 0 bridgehead atoms. The van der Waals surface area contributed by atoms with Gasteiger partial charge < -0.3 is 16.4 Å². The van der Waals surface area contributed by atoms with E-state index in [4.69, 9.17) is 5.73 Å². The average molecular weight is 292 g/mol. The van der Waals surface area contributed by atoms with Gasteiger partial charge in [0.15, 0.2) is 0 Å². The molecule has 1 aromatic carbocycles. The van der Waals surface area contributed by atoms with Crippen molar-refractivity contribution in [3.05, 3.63) is 43.5 Å². The van der Waals surface area contributed by atoms with Crippen molar-refractivity contribution < 1.29 is 0 Å². The van der Waals surface area contributed by atoms with Gasteiger partial charge in [-0.2, -0.15) is 4.98 Å². The molecular weight excluding hydrogens is 274 g/mol. The summed E-state index contributed by atoms with van der Waals surface area (Å²) < 4.78 is 0.